The predicted molar refractivity (Wildman–Crippen MR) is 68.0 cm³/mol. The number of nitrogens with zero attached hydrogens (tertiary/aromatic N) is 3. The molecule has 2 heterocycles. The molecule has 4 heteroatoms. The van der Waals surface area contributed by atoms with E-state index >= 15 is 0 Å². The number of hydrogen-bond donors (Lipinski definition) is 1. The Kier molecular flexibility index (Phi) is 3.54. The first kappa shape index (κ1) is 11.8. The number of nitrogens with two attached hydrogens (primary N) is 1. The smallest absolute Gasteiger partial charge is 0.0877 e. The third-order valence-corrected chi connectivity index (χ3v) is 2.85. The second-order valence-corrected chi connectivity index (χ2v) is 3.92. The highest BCUT2D eigenvalue weighted by atomic mass is 15.3. The maximum atomic E-state index is 5.72. The standard InChI is InChI=1S/C13H18N4/c1-3-10-8-11(4-2)17(16-10)13-6-5-7-15-12(13)9-14/h5-8H,3-4,9,14H2,1-2H3. The van der Waals surface area contributed by atoms with Crippen molar-refractivity contribution in [1.29, 1.82) is 0 Å². The summed E-state index contributed by atoms with van der Waals surface area (Å²) in [6, 6.07) is 6.08. The van der Waals surface area contributed by atoms with Gasteiger partial charge in [0.1, 0.15) is 0 Å². The first-order valence-corrected chi connectivity index (χ1v) is 6.02. The van der Waals surface area contributed by atoms with Gasteiger partial charge in [-0.2, -0.15) is 5.10 Å². The fourth-order valence-electron chi connectivity index (χ4n) is 1.89. The van der Waals surface area contributed by atoms with E-state index in [0.29, 0.717) is 6.54 Å². The zero-order valence-corrected chi connectivity index (χ0v) is 10.3. The van der Waals surface area contributed by atoms with E-state index in [-0.39, 0.29) is 0 Å². The van der Waals surface area contributed by atoms with Crippen LogP contribution in [0.1, 0.15) is 30.9 Å². The largest absolute Gasteiger partial charge is 0.325 e. The summed E-state index contributed by atoms with van der Waals surface area (Å²) in [5.74, 6) is 0. The van der Waals surface area contributed by atoms with E-state index in [2.05, 4.69) is 30.0 Å². The molecule has 2 aromatic rings. The molecular weight excluding hydrogens is 212 g/mol. The molecule has 2 rings (SSSR count). The second-order valence-electron chi connectivity index (χ2n) is 3.92. The van der Waals surface area contributed by atoms with Crippen molar-refractivity contribution in [2.45, 2.75) is 33.2 Å². The van der Waals surface area contributed by atoms with Gasteiger partial charge in [-0.15, -0.1) is 0 Å². The molecule has 2 N–H and O–H groups in total. The van der Waals surface area contributed by atoms with Crippen LogP contribution in [-0.2, 0) is 19.4 Å². The molecule has 0 amide bonds. The lowest BCUT2D eigenvalue weighted by molar-refractivity contribution is 0.773. The summed E-state index contributed by atoms with van der Waals surface area (Å²) in [5, 5.41) is 4.60. The maximum absolute atomic E-state index is 5.72. The molecule has 0 atom stereocenters. The van der Waals surface area contributed by atoms with Crippen LogP contribution in [0.4, 0.5) is 0 Å². The van der Waals surface area contributed by atoms with Gasteiger partial charge in [0, 0.05) is 18.4 Å². The van der Waals surface area contributed by atoms with Crippen LogP contribution in [0, 0.1) is 0 Å². The third-order valence-electron chi connectivity index (χ3n) is 2.85. The summed E-state index contributed by atoms with van der Waals surface area (Å²) in [6.07, 6.45) is 3.66. The van der Waals surface area contributed by atoms with Gasteiger partial charge in [0.2, 0.25) is 0 Å². The molecule has 4 nitrogen and oxygen atoms in total. The molecule has 0 fully saturated rings. The number of rotatable bonds is 4. The van der Waals surface area contributed by atoms with Crippen molar-refractivity contribution in [1.82, 2.24) is 14.8 Å². The van der Waals surface area contributed by atoms with E-state index in [4.69, 9.17) is 5.73 Å². The lowest BCUT2D eigenvalue weighted by Crippen LogP contribution is -2.09. The fraction of sp³-hybridized carbons (Fsp3) is 0.385. The normalized spacial score (nSPS) is 10.8. The van der Waals surface area contributed by atoms with Crippen LogP contribution in [0.2, 0.25) is 0 Å². The fourth-order valence-corrected chi connectivity index (χ4v) is 1.89. The summed E-state index contributed by atoms with van der Waals surface area (Å²) in [4.78, 5) is 4.30. The maximum Gasteiger partial charge on any atom is 0.0877 e. The molecule has 0 bridgehead atoms. The molecule has 0 aliphatic carbocycles. The highest BCUT2D eigenvalue weighted by Crippen LogP contribution is 2.16. The van der Waals surface area contributed by atoms with Gasteiger partial charge in [-0.1, -0.05) is 13.8 Å². The Morgan fingerprint density at radius 1 is 1.29 bits per heavy atom. The molecule has 0 unspecified atom stereocenters. The van der Waals surface area contributed by atoms with E-state index < -0.39 is 0 Å². The number of hydrogen-bond acceptors (Lipinski definition) is 3. The minimum absolute atomic E-state index is 0.431. The van der Waals surface area contributed by atoms with E-state index in [1.165, 1.54) is 5.69 Å². The van der Waals surface area contributed by atoms with Crippen molar-refractivity contribution in [2.75, 3.05) is 0 Å². The van der Waals surface area contributed by atoms with Crippen molar-refractivity contribution >= 4 is 0 Å². The molecular formula is C13H18N4. The first-order chi connectivity index (χ1) is 8.30. The van der Waals surface area contributed by atoms with Crippen molar-refractivity contribution in [3.63, 3.8) is 0 Å². The van der Waals surface area contributed by atoms with Crippen LogP contribution >= 0.6 is 0 Å². The summed E-state index contributed by atoms with van der Waals surface area (Å²) >= 11 is 0. The Hall–Kier alpha value is -1.68. The zero-order chi connectivity index (χ0) is 12.3. The van der Waals surface area contributed by atoms with Crippen LogP contribution in [0.5, 0.6) is 0 Å². The monoisotopic (exact) mass is 230 g/mol. The number of aryl methyl sites for hydroxylation is 2. The van der Waals surface area contributed by atoms with Gasteiger partial charge >= 0.3 is 0 Å². The molecule has 0 saturated heterocycles. The average Bonchev–Trinajstić information content (AvgIpc) is 2.81. The quantitative estimate of drug-likeness (QED) is 0.872. The van der Waals surface area contributed by atoms with Crippen molar-refractivity contribution < 1.29 is 0 Å². The van der Waals surface area contributed by atoms with Crippen LogP contribution in [0.15, 0.2) is 24.4 Å². The second kappa shape index (κ2) is 5.10. The number of aromatic nitrogens is 3. The Balaban J connectivity index is 2.54. The van der Waals surface area contributed by atoms with Crippen molar-refractivity contribution in [3.05, 3.63) is 41.5 Å². The zero-order valence-electron chi connectivity index (χ0n) is 10.3. The SMILES string of the molecule is CCc1cc(CC)n(-c2cccnc2CN)n1. The molecule has 0 aliphatic heterocycles. The predicted octanol–water partition coefficient (Wildman–Crippen LogP) is 1.85. The van der Waals surface area contributed by atoms with Crippen LogP contribution in [0.3, 0.4) is 0 Å². The summed E-state index contributed by atoms with van der Waals surface area (Å²) in [7, 11) is 0. The molecule has 2 aromatic heterocycles. The van der Waals surface area contributed by atoms with Crippen molar-refractivity contribution in [2.24, 2.45) is 5.73 Å². The topological polar surface area (TPSA) is 56.7 Å². The summed E-state index contributed by atoms with van der Waals surface area (Å²) < 4.78 is 1.97. The Morgan fingerprint density at radius 3 is 2.76 bits per heavy atom. The summed E-state index contributed by atoms with van der Waals surface area (Å²) in [6.45, 7) is 4.67. The van der Waals surface area contributed by atoms with E-state index in [0.717, 1.165) is 29.9 Å². The lowest BCUT2D eigenvalue weighted by Gasteiger charge is -2.09. The first-order valence-electron chi connectivity index (χ1n) is 6.02. The van der Waals surface area contributed by atoms with Gasteiger partial charge in [-0.25, -0.2) is 4.68 Å². The molecule has 17 heavy (non-hydrogen) atoms. The summed E-state index contributed by atoms with van der Waals surface area (Å²) in [5.41, 5.74) is 9.89. The Bertz CT molecular complexity index is 502. The van der Waals surface area contributed by atoms with Gasteiger partial charge in [0.15, 0.2) is 0 Å². The van der Waals surface area contributed by atoms with E-state index in [1.54, 1.807) is 6.20 Å². The molecule has 90 valence electrons. The van der Waals surface area contributed by atoms with E-state index in [1.807, 2.05) is 16.8 Å². The van der Waals surface area contributed by atoms with Crippen LogP contribution in [-0.4, -0.2) is 14.8 Å². The molecule has 0 spiro atoms. The van der Waals surface area contributed by atoms with Crippen LogP contribution in [0.25, 0.3) is 5.69 Å². The molecule has 0 radical (unpaired) electrons. The average molecular weight is 230 g/mol. The molecule has 0 aromatic carbocycles. The lowest BCUT2D eigenvalue weighted by atomic mass is 10.2. The Labute approximate surface area is 101 Å². The van der Waals surface area contributed by atoms with Crippen LogP contribution < -0.4 is 5.73 Å². The molecule has 0 aliphatic rings. The van der Waals surface area contributed by atoms with Gasteiger partial charge in [0.05, 0.1) is 17.1 Å². The number of pyridine rings is 1. The van der Waals surface area contributed by atoms with Crippen molar-refractivity contribution in [3.8, 4) is 5.69 Å². The van der Waals surface area contributed by atoms with E-state index in [9.17, 15) is 0 Å². The highest BCUT2D eigenvalue weighted by Gasteiger charge is 2.10. The molecule has 0 saturated carbocycles. The minimum Gasteiger partial charge on any atom is -0.325 e. The Morgan fingerprint density at radius 2 is 2.12 bits per heavy atom. The van der Waals surface area contributed by atoms with Gasteiger partial charge < -0.3 is 5.73 Å². The third kappa shape index (κ3) is 2.22. The van der Waals surface area contributed by atoms with Gasteiger partial charge in [0.25, 0.3) is 0 Å². The van der Waals surface area contributed by atoms with Gasteiger partial charge in [-0.3, -0.25) is 4.98 Å². The minimum atomic E-state index is 0.431. The highest BCUT2D eigenvalue weighted by molar-refractivity contribution is 5.37. The van der Waals surface area contributed by atoms with Gasteiger partial charge in [-0.05, 0) is 31.0 Å².